The van der Waals surface area contributed by atoms with Gasteiger partial charge in [0.25, 0.3) is 0 Å². The van der Waals surface area contributed by atoms with Crippen LogP contribution in [0.25, 0.3) is 0 Å². The van der Waals surface area contributed by atoms with E-state index in [4.69, 9.17) is 27.1 Å². The van der Waals surface area contributed by atoms with Crippen LogP contribution in [-0.2, 0) is 9.53 Å². The highest BCUT2D eigenvalue weighted by Gasteiger charge is 2.35. The molecule has 0 amide bonds. The number of aryl methyl sites for hydroxylation is 1. The number of nitrogens with zero attached hydrogens (tertiary/aromatic N) is 3. The second-order valence-electron chi connectivity index (χ2n) is 11.0. The smallest absolute Gasteiger partial charge is 0.310 e. The Kier molecular flexibility index (Phi) is 29.8. The van der Waals surface area contributed by atoms with Crippen LogP contribution in [0.3, 0.4) is 0 Å². The molecule has 1 aliphatic rings. The van der Waals surface area contributed by atoms with E-state index in [0.29, 0.717) is 17.3 Å². The average Bonchev–Trinajstić information content (AvgIpc) is 3.45. The van der Waals surface area contributed by atoms with Gasteiger partial charge in [0, 0.05) is 19.7 Å². The molecule has 2 heterocycles. The molecule has 0 aliphatic carbocycles. The maximum atomic E-state index is 12.7. The molecular formula is C37H61FN4O4. The first-order valence-corrected chi connectivity index (χ1v) is 16.6. The maximum absolute atomic E-state index is 12.7. The summed E-state index contributed by atoms with van der Waals surface area (Å²) in [5.74, 6) is 2.92. The van der Waals surface area contributed by atoms with Gasteiger partial charge >= 0.3 is 6.08 Å². The third kappa shape index (κ3) is 23.2. The summed E-state index contributed by atoms with van der Waals surface area (Å²) in [5.41, 5.74) is 5.79. The summed E-state index contributed by atoms with van der Waals surface area (Å²) in [7, 11) is 1.00. The first-order chi connectivity index (χ1) is 22.2. The van der Waals surface area contributed by atoms with Gasteiger partial charge in [-0.05, 0) is 77.6 Å². The van der Waals surface area contributed by atoms with Crippen molar-refractivity contribution in [2.24, 2.45) is 10.9 Å². The molecule has 1 aliphatic heterocycles. The van der Waals surface area contributed by atoms with E-state index in [1.807, 2.05) is 13.8 Å². The number of hydrogen-bond donors (Lipinski definition) is 3. The summed E-state index contributed by atoms with van der Waals surface area (Å²) in [5, 5.41) is 15.9. The van der Waals surface area contributed by atoms with Crippen molar-refractivity contribution in [1.82, 2.24) is 9.97 Å². The summed E-state index contributed by atoms with van der Waals surface area (Å²) in [6.07, 6.45) is 34.8. The Morgan fingerprint density at radius 1 is 1.07 bits per heavy atom. The predicted molar refractivity (Wildman–Crippen MR) is 191 cm³/mol. The van der Waals surface area contributed by atoms with Crippen molar-refractivity contribution in [2.75, 3.05) is 19.5 Å². The molecule has 0 saturated carbocycles. The molecule has 1 fully saturated rings. The van der Waals surface area contributed by atoms with E-state index in [9.17, 15) is 9.18 Å². The second kappa shape index (κ2) is 30.5. The van der Waals surface area contributed by atoms with Gasteiger partial charge in [0.2, 0.25) is 0 Å². The fraction of sp³-hybridized carbons (Fsp3) is 0.622. The van der Waals surface area contributed by atoms with Crippen LogP contribution in [0.15, 0.2) is 41.4 Å². The summed E-state index contributed by atoms with van der Waals surface area (Å²) < 4.78 is 18.1. The van der Waals surface area contributed by atoms with Crippen LogP contribution in [0.5, 0.6) is 0 Å². The minimum Gasteiger partial charge on any atom is -0.400 e. The van der Waals surface area contributed by atoms with E-state index in [2.05, 4.69) is 71.2 Å². The zero-order chi connectivity index (χ0) is 35.1. The highest BCUT2D eigenvalue weighted by Crippen LogP contribution is 2.28. The highest BCUT2D eigenvalue weighted by molar-refractivity contribution is 5.71. The normalized spacial score (nSPS) is 18.0. The van der Waals surface area contributed by atoms with E-state index in [1.165, 1.54) is 32.1 Å². The number of anilines is 1. The van der Waals surface area contributed by atoms with E-state index < -0.39 is 11.7 Å². The Morgan fingerprint density at radius 2 is 1.65 bits per heavy atom. The van der Waals surface area contributed by atoms with Crippen LogP contribution in [0, 0.1) is 31.3 Å². The lowest BCUT2D eigenvalue weighted by Gasteiger charge is -2.19. The topological polar surface area (TPSA) is 131 Å². The number of nitrogens with two attached hydrogens (primary N) is 1. The first-order valence-electron chi connectivity index (χ1n) is 16.6. The van der Waals surface area contributed by atoms with Crippen molar-refractivity contribution in [1.29, 1.82) is 0 Å². The highest BCUT2D eigenvalue weighted by atomic mass is 19.1. The Hall–Kier alpha value is -3.19. The molecular weight excluding hydrogens is 583 g/mol. The van der Waals surface area contributed by atoms with Crippen LogP contribution < -0.4 is 5.73 Å². The molecule has 0 bridgehead atoms. The van der Waals surface area contributed by atoms with Crippen molar-refractivity contribution in [3.8, 4) is 12.3 Å². The molecule has 9 heteroatoms. The van der Waals surface area contributed by atoms with E-state index >= 15 is 0 Å². The molecule has 3 atom stereocenters. The monoisotopic (exact) mass is 644 g/mol. The van der Waals surface area contributed by atoms with Gasteiger partial charge in [0.05, 0.1) is 18.4 Å². The van der Waals surface area contributed by atoms with Gasteiger partial charge in [-0.2, -0.15) is 9.37 Å². The van der Waals surface area contributed by atoms with Crippen molar-refractivity contribution in [2.45, 2.75) is 130 Å². The number of terminal acetylenes is 1. The largest absolute Gasteiger partial charge is 0.400 e. The minimum atomic E-state index is -0.813. The molecule has 0 radical (unpaired) electrons. The minimum absolute atomic E-state index is 0.0617. The number of aliphatic hydroxyl groups excluding tert-OH is 2. The molecule has 46 heavy (non-hydrogen) atoms. The Morgan fingerprint density at radius 3 is 2.13 bits per heavy atom. The number of aliphatic hydroxyl groups is 2. The molecule has 2 rings (SSSR count). The number of hydrogen-bond acceptors (Lipinski definition) is 8. The molecule has 8 nitrogen and oxygen atoms in total. The van der Waals surface area contributed by atoms with Gasteiger partial charge in [-0.1, -0.05) is 82.4 Å². The number of aldehydes is 1. The van der Waals surface area contributed by atoms with E-state index in [-0.39, 0.29) is 18.5 Å². The van der Waals surface area contributed by atoms with Gasteiger partial charge in [-0.25, -0.2) is 4.98 Å². The lowest BCUT2D eigenvalue weighted by atomic mass is 10.0. The summed E-state index contributed by atoms with van der Waals surface area (Å²) in [6.45, 7) is 9.83. The van der Waals surface area contributed by atoms with Gasteiger partial charge in [0.1, 0.15) is 12.0 Å². The van der Waals surface area contributed by atoms with Crippen molar-refractivity contribution in [3.63, 3.8) is 0 Å². The van der Waals surface area contributed by atoms with E-state index in [0.717, 1.165) is 64.8 Å². The SMILES string of the molecule is C#CC1(CO)CCC(C)O1.CC/C=C\C/C=C\C/C=C\CCCCCCCC=O.CCC(C)C=Nc1c(C)nc(F)nc1N.CO. The molecule has 1 aromatic rings. The lowest BCUT2D eigenvalue weighted by Crippen LogP contribution is -2.31. The van der Waals surface area contributed by atoms with Gasteiger partial charge in [-0.15, -0.1) is 6.42 Å². The van der Waals surface area contributed by atoms with Crippen LogP contribution in [0.4, 0.5) is 15.9 Å². The third-order valence-electron chi connectivity index (χ3n) is 7.03. The van der Waals surface area contributed by atoms with Crippen LogP contribution in [0.2, 0.25) is 0 Å². The first kappa shape index (κ1) is 44.9. The molecule has 1 saturated heterocycles. The summed E-state index contributed by atoms with van der Waals surface area (Å²) in [4.78, 5) is 21.3. The number of nitrogen functional groups attached to an aromatic ring is 1. The average molecular weight is 645 g/mol. The Balaban J connectivity index is 0. The zero-order valence-electron chi connectivity index (χ0n) is 29.3. The summed E-state index contributed by atoms with van der Waals surface area (Å²) >= 11 is 0. The molecule has 0 aromatic carbocycles. The maximum Gasteiger partial charge on any atom is 0.310 e. The molecule has 0 spiro atoms. The number of allylic oxidation sites excluding steroid dienone is 6. The van der Waals surface area contributed by atoms with Gasteiger partial charge in [-0.3, -0.25) is 4.99 Å². The predicted octanol–water partition coefficient (Wildman–Crippen LogP) is 8.19. The van der Waals surface area contributed by atoms with Gasteiger partial charge in [0.15, 0.2) is 11.4 Å². The zero-order valence-corrected chi connectivity index (χ0v) is 29.3. The quantitative estimate of drug-likeness (QED) is 0.0389. The van der Waals surface area contributed by atoms with Crippen LogP contribution >= 0.6 is 0 Å². The Labute approximate surface area is 278 Å². The van der Waals surface area contributed by atoms with Crippen molar-refractivity contribution >= 4 is 24.0 Å². The number of aromatic nitrogens is 2. The van der Waals surface area contributed by atoms with Crippen molar-refractivity contribution in [3.05, 3.63) is 48.2 Å². The number of carbonyl (C=O) groups excluding carboxylic acids is 1. The Bertz CT molecular complexity index is 1040. The van der Waals surface area contributed by atoms with Gasteiger partial charge < -0.3 is 25.5 Å². The lowest BCUT2D eigenvalue weighted by molar-refractivity contribution is -0.107. The fourth-order valence-electron chi connectivity index (χ4n) is 4.08. The van der Waals surface area contributed by atoms with Crippen LogP contribution in [0.1, 0.15) is 117 Å². The number of ether oxygens (including phenoxy) is 1. The van der Waals surface area contributed by atoms with Crippen molar-refractivity contribution < 1.29 is 24.1 Å². The molecule has 1 aromatic heterocycles. The summed E-state index contributed by atoms with van der Waals surface area (Å²) in [6, 6.07) is 0. The van der Waals surface area contributed by atoms with E-state index in [1.54, 1.807) is 13.1 Å². The number of halogens is 1. The number of unbranched alkanes of at least 4 members (excludes halogenated alkanes) is 6. The second-order valence-corrected chi connectivity index (χ2v) is 11.0. The fourth-order valence-corrected chi connectivity index (χ4v) is 4.08. The number of rotatable bonds is 17. The number of carbonyl (C=O) groups is 1. The molecule has 260 valence electrons. The molecule has 4 N–H and O–H groups in total. The molecule has 3 unspecified atom stereocenters. The standard InChI is InChI=1S/C18H30O.C10H15FN4.C8H12O2.CH4O/c1-2-3-4-5-6-7-8-9-10-11-12-13-14-15-16-17-18-19;1-4-6(2)5-13-8-7(3)14-10(11)15-9(8)12;1-3-8(6-9)5-4-7(2)10-8;1-2/h3-4,6-7,9-10,18H,2,5,8,11-17H2,1H3;5-6H,4H2,1-3H3,(H2,12,14,15);1,7,9H,4-6H2,2H3;2H,1H3/b4-3-,7-6-,10-9-;;;. The number of aliphatic imine (C=N–C) groups is 1. The third-order valence-corrected chi connectivity index (χ3v) is 7.03. The van der Waals surface area contributed by atoms with Crippen LogP contribution in [-0.4, -0.2) is 58.1 Å².